The molecule has 42 heavy (non-hydrogen) atoms. The third-order valence-electron chi connectivity index (χ3n) is 8.02. The van der Waals surface area contributed by atoms with Crippen molar-refractivity contribution in [2.75, 3.05) is 18.8 Å². The Bertz CT molecular complexity index is 1480. The highest BCUT2D eigenvalue weighted by atomic mass is 32.2. The minimum Gasteiger partial charge on any atom is -0.434 e. The Labute approximate surface area is 243 Å². The van der Waals surface area contributed by atoms with Crippen molar-refractivity contribution in [2.24, 2.45) is 0 Å². The molecule has 5 atom stereocenters. The van der Waals surface area contributed by atoms with Gasteiger partial charge in [-0.15, -0.1) is 0 Å². The van der Waals surface area contributed by atoms with Crippen molar-refractivity contribution < 1.29 is 37.4 Å². The topological polar surface area (TPSA) is 175 Å². The highest BCUT2D eigenvalue weighted by molar-refractivity contribution is 7.89. The molecule has 5 rings (SSSR count). The second-order valence-corrected chi connectivity index (χ2v) is 13.0. The van der Waals surface area contributed by atoms with E-state index in [1.807, 2.05) is 12.1 Å². The number of piperazine rings is 1. The number of cyclic esters (lactones) is 1. The van der Waals surface area contributed by atoms with Gasteiger partial charge >= 0.3 is 5.97 Å². The monoisotopic (exact) mass is 601 g/mol. The number of nitrogens with zero attached hydrogens (tertiary/aromatic N) is 3. The van der Waals surface area contributed by atoms with Crippen LogP contribution >= 0.6 is 0 Å². The lowest BCUT2D eigenvalue weighted by Crippen LogP contribution is -2.69. The van der Waals surface area contributed by atoms with Gasteiger partial charge in [-0.3, -0.25) is 24.2 Å². The Balaban J connectivity index is 1.44. The Kier molecular flexibility index (Phi) is 8.76. The number of fused-ring (bicyclic) bond motifs is 2. The molecule has 2 unspecified atom stereocenters. The molecular formula is C28H35N5O8S. The average molecular weight is 602 g/mol. The number of sulfonamides is 1. The van der Waals surface area contributed by atoms with Gasteiger partial charge in [0.25, 0.3) is 5.91 Å². The van der Waals surface area contributed by atoms with Crippen molar-refractivity contribution in [3.63, 3.8) is 0 Å². The van der Waals surface area contributed by atoms with E-state index in [1.165, 1.54) is 15.4 Å². The van der Waals surface area contributed by atoms with Crippen LogP contribution in [0.1, 0.15) is 55.9 Å². The van der Waals surface area contributed by atoms with Gasteiger partial charge in [-0.2, -0.15) is 4.31 Å². The summed E-state index contributed by atoms with van der Waals surface area (Å²) in [6.07, 6.45) is 2.14. The van der Waals surface area contributed by atoms with E-state index in [0.717, 1.165) is 5.39 Å². The molecule has 14 heteroatoms. The SMILES string of the molecule is CCCS(=O)(=O)N1C[C@@H]2CCCC[C@H](NC(=O)c3nccc4ccccc34)C(=O)N2[C@H](C(=O)NC2CC(=O)OC2O)C1. The third-order valence-corrected chi connectivity index (χ3v) is 10.0. The van der Waals surface area contributed by atoms with Crippen LogP contribution in [0.5, 0.6) is 0 Å². The van der Waals surface area contributed by atoms with Gasteiger partial charge in [0.15, 0.2) is 0 Å². The van der Waals surface area contributed by atoms with Crippen LogP contribution in [0.15, 0.2) is 36.5 Å². The Morgan fingerprint density at radius 3 is 2.60 bits per heavy atom. The first-order valence-electron chi connectivity index (χ1n) is 14.2. The van der Waals surface area contributed by atoms with Gasteiger partial charge in [-0.25, -0.2) is 8.42 Å². The summed E-state index contributed by atoms with van der Waals surface area (Å²) >= 11 is 0. The molecule has 3 fully saturated rings. The van der Waals surface area contributed by atoms with Gasteiger partial charge in [0.05, 0.1) is 12.2 Å². The summed E-state index contributed by atoms with van der Waals surface area (Å²) in [5.41, 5.74) is 0.171. The van der Waals surface area contributed by atoms with Gasteiger partial charge in [0, 0.05) is 30.7 Å². The first-order valence-corrected chi connectivity index (χ1v) is 15.8. The maximum Gasteiger partial charge on any atom is 0.310 e. The number of esters is 1. The molecule has 0 radical (unpaired) electrons. The lowest BCUT2D eigenvalue weighted by molar-refractivity contribution is -0.156. The third kappa shape index (κ3) is 6.10. The predicted molar refractivity (Wildman–Crippen MR) is 150 cm³/mol. The summed E-state index contributed by atoms with van der Waals surface area (Å²) in [7, 11) is -3.72. The lowest BCUT2D eigenvalue weighted by Gasteiger charge is -2.47. The molecule has 3 aliphatic heterocycles. The van der Waals surface area contributed by atoms with Crippen molar-refractivity contribution in [2.45, 2.75) is 75.9 Å². The summed E-state index contributed by atoms with van der Waals surface area (Å²) in [6, 6.07) is 5.18. The molecule has 0 saturated carbocycles. The van der Waals surface area contributed by atoms with Crippen molar-refractivity contribution in [1.29, 1.82) is 0 Å². The molecule has 2 aromatic rings. The Hall–Kier alpha value is -3.62. The van der Waals surface area contributed by atoms with E-state index >= 15 is 0 Å². The van der Waals surface area contributed by atoms with Crippen LogP contribution in [0.4, 0.5) is 0 Å². The molecule has 4 heterocycles. The highest BCUT2D eigenvalue weighted by Gasteiger charge is 2.47. The first kappa shape index (κ1) is 29.9. The Morgan fingerprint density at radius 2 is 1.86 bits per heavy atom. The zero-order chi connectivity index (χ0) is 30.0. The number of rotatable bonds is 7. The van der Waals surface area contributed by atoms with Crippen molar-refractivity contribution >= 4 is 44.5 Å². The maximum atomic E-state index is 14.1. The fourth-order valence-corrected chi connectivity index (χ4v) is 7.50. The van der Waals surface area contributed by atoms with Crippen LogP contribution in [0.2, 0.25) is 0 Å². The quantitative estimate of drug-likeness (QED) is 0.377. The van der Waals surface area contributed by atoms with E-state index in [0.29, 0.717) is 37.5 Å². The minimum atomic E-state index is -3.72. The number of aliphatic hydroxyl groups excluding tert-OH is 1. The van der Waals surface area contributed by atoms with Crippen molar-refractivity contribution in [3.05, 3.63) is 42.2 Å². The van der Waals surface area contributed by atoms with Crippen molar-refractivity contribution in [1.82, 2.24) is 24.8 Å². The van der Waals surface area contributed by atoms with Gasteiger partial charge < -0.3 is 25.4 Å². The molecule has 13 nitrogen and oxygen atoms in total. The molecule has 0 spiro atoms. The van der Waals surface area contributed by atoms with Crippen LogP contribution < -0.4 is 10.6 Å². The molecule has 3 N–H and O–H groups in total. The summed E-state index contributed by atoms with van der Waals surface area (Å²) in [4.78, 5) is 58.5. The summed E-state index contributed by atoms with van der Waals surface area (Å²) in [5, 5.41) is 16.9. The Morgan fingerprint density at radius 1 is 1.10 bits per heavy atom. The van der Waals surface area contributed by atoms with E-state index in [4.69, 9.17) is 4.74 Å². The number of carbonyl (C=O) groups is 4. The van der Waals surface area contributed by atoms with E-state index < -0.39 is 64.2 Å². The summed E-state index contributed by atoms with van der Waals surface area (Å²) in [6.45, 7) is 1.48. The number of nitrogens with one attached hydrogen (secondary N) is 2. The van der Waals surface area contributed by atoms with E-state index in [1.54, 1.807) is 25.1 Å². The normalized spacial score (nSPS) is 27.1. The lowest BCUT2D eigenvalue weighted by atomic mass is 9.94. The molecule has 0 bridgehead atoms. The number of carbonyl (C=O) groups excluding carboxylic acids is 4. The van der Waals surface area contributed by atoms with E-state index in [2.05, 4.69) is 15.6 Å². The van der Waals surface area contributed by atoms with E-state index in [-0.39, 0.29) is 31.0 Å². The number of ether oxygens (including phenoxy) is 1. The number of hydrogen-bond donors (Lipinski definition) is 3. The molecule has 3 aliphatic rings. The molecule has 0 aliphatic carbocycles. The standard InChI is InChI=1S/C28H35N5O8S/c1-2-13-42(39,40)32-15-18-8-4-6-10-20(30-26(36)24-19-9-5-3-7-17(19)11-12-29-24)27(37)33(18)22(16-32)25(35)31-21-14-23(34)41-28(21)38/h3,5,7,9,11-12,18,20-22,28,38H,2,4,6,8,10,13-16H2,1H3,(H,30,36)(H,31,35)/t18-,20-,21?,22-,28?/m0/s1. The zero-order valence-corrected chi connectivity index (χ0v) is 24.1. The maximum absolute atomic E-state index is 14.1. The molecule has 1 aromatic carbocycles. The average Bonchev–Trinajstić information content (AvgIpc) is 3.28. The number of pyridine rings is 1. The van der Waals surface area contributed by atoms with Gasteiger partial charge in [0.1, 0.15) is 23.8 Å². The molecular weight excluding hydrogens is 566 g/mol. The van der Waals surface area contributed by atoms with E-state index in [9.17, 15) is 32.7 Å². The van der Waals surface area contributed by atoms with Gasteiger partial charge in [-0.1, -0.05) is 44.0 Å². The van der Waals surface area contributed by atoms with Crippen LogP contribution in [0.25, 0.3) is 10.8 Å². The van der Waals surface area contributed by atoms with Gasteiger partial charge in [-0.05, 0) is 30.7 Å². The van der Waals surface area contributed by atoms with Crippen molar-refractivity contribution in [3.8, 4) is 0 Å². The second-order valence-electron chi connectivity index (χ2n) is 10.9. The largest absolute Gasteiger partial charge is 0.434 e. The number of hydrogen-bond acceptors (Lipinski definition) is 9. The van der Waals surface area contributed by atoms with Crippen LogP contribution in [-0.2, 0) is 29.1 Å². The number of aromatic nitrogens is 1. The predicted octanol–water partition coefficient (Wildman–Crippen LogP) is 0.279. The molecule has 226 valence electrons. The van der Waals surface area contributed by atoms with Crippen LogP contribution in [-0.4, -0.2) is 101 Å². The fraction of sp³-hybridized carbons (Fsp3) is 0.536. The molecule has 1 aromatic heterocycles. The zero-order valence-electron chi connectivity index (χ0n) is 23.3. The number of aliphatic hydroxyl groups is 1. The smallest absolute Gasteiger partial charge is 0.310 e. The van der Waals surface area contributed by atoms with Crippen LogP contribution in [0.3, 0.4) is 0 Å². The van der Waals surface area contributed by atoms with Gasteiger partial charge in [0.2, 0.25) is 28.1 Å². The summed E-state index contributed by atoms with van der Waals surface area (Å²) < 4.78 is 32.2. The molecule has 3 saturated heterocycles. The highest BCUT2D eigenvalue weighted by Crippen LogP contribution is 2.28. The number of amides is 3. The number of benzene rings is 1. The van der Waals surface area contributed by atoms with Crippen LogP contribution in [0, 0.1) is 0 Å². The molecule has 3 amide bonds. The first-order chi connectivity index (χ1) is 20.1. The summed E-state index contributed by atoms with van der Waals surface area (Å²) in [5.74, 6) is -2.54. The minimum absolute atomic E-state index is 0.0248. The second kappa shape index (κ2) is 12.3. The fourth-order valence-electron chi connectivity index (χ4n) is 5.96.